The minimum Gasteiger partial charge on any atom is -0.309 e. The van der Waals surface area contributed by atoms with E-state index in [1.807, 2.05) is 36.9 Å². The van der Waals surface area contributed by atoms with Gasteiger partial charge < -0.3 is 4.57 Å². The molecule has 6 aromatic carbocycles. The topological polar surface area (TPSA) is 30.7 Å². The van der Waals surface area contributed by atoms with Gasteiger partial charge in [-0.3, -0.25) is 9.97 Å². The highest BCUT2D eigenvalue weighted by Gasteiger charge is 2.36. The summed E-state index contributed by atoms with van der Waals surface area (Å²) in [6.07, 6.45) is 7.52. The van der Waals surface area contributed by atoms with Crippen molar-refractivity contribution in [3.05, 3.63) is 188 Å². The number of nitrogens with zero attached hydrogens (tertiary/aromatic N) is 3. The number of aromatic nitrogens is 3. The first-order chi connectivity index (χ1) is 25.5. The first-order valence-corrected chi connectivity index (χ1v) is 17.9. The average Bonchev–Trinajstić information content (AvgIpc) is 3.66. The van der Waals surface area contributed by atoms with Gasteiger partial charge >= 0.3 is 0 Å². The maximum atomic E-state index is 4.41. The molecule has 3 aromatic heterocycles. The number of pyridine rings is 2. The van der Waals surface area contributed by atoms with Gasteiger partial charge in [0, 0.05) is 57.8 Å². The molecule has 0 aliphatic heterocycles. The van der Waals surface area contributed by atoms with Crippen LogP contribution >= 0.6 is 0 Å². The Hall–Kier alpha value is -6.58. The Morgan fingerprint density at radius 1 is 0.404 bits per heavy atom. The lowest BCUT2D eigenvalue weighted by atomic mass is 9.80. The first-order valence-electron chi connectivity index (χ1n) is 17.9. The number of rotatable bonds is 5. The molecule has 0 amide bonds. The van der Waals surface area contributed by atoms with Crippen LogP contribution in [0.5, 0.6) is 0 Å². The molecule has 246 valence electrons. The van der Waals surface area contributed by atoms with Crippen LogP contribution in [0.1, 0.15) is 25.0 Å². The number of para-hydroxylation sites is 2. The minimum atomic E-state index is -0.169. The molecule has 0 unspecified atom stereocenters. The molecule has 0 bridgehead atoms. The quantitative estimate of drug-likeness (QED) is 0.183. The molecule has 3 heteroatoms. The second-order valence-electron chi connectivity index (χ2n) is 14.3. The van der Waals surface area contributed by atoms with Gasteiger partial charge in [0.25, 0.3) is 0 Å². The van der Waals surface area contributed by atoms with E-state index < -0.39 is 0 Å². The molecule has 0 atom stereocenters. The maximum absolute atomic E-state index is 4.41. The second kappa shape index (κ2) is 11.8. The molecule has 0 saturated heterocycles. The van der Waals surface area contributed by atoms with Gasteiger partial charge in [0.2, 0.25) is 0 Å². The Morgan fingerprint density at radius 3 is 1.54 bits per heavy atom. The molecule has 0 fully saturated rings. The van der Waals surface area contributed by atoms with Crippen LogP contribution in [0.2, 0.25) is 0 Å². The van der Waals surface area contributed by atoms with Gasteiger partial charge in [0.05, 0.1) is 11.0 Å². The van der Waals surface area contributed by atoms with Crippen LogP contribution in [0.15, 0.2) is 176 Å². The fourth-order valence-corrected chi connectivity index (χ4v) is 8.30. The Labute approximate surface area is 303 Å². The van der Waals surface area contributed by atoms with E-state index in [1.165, 1.54) is 72.0 Å². The van der Waals surface area contributed by atoms with E-state index in [1.54, 1.807) is 0 Å². The molecule has 0 radical (unpaired) electrons. The Balaban J connectivity index is 1.06. The van der Waals surface area contributed by atoms with Gasteiger partial charge in [-0.2, -0.15) is 0 Å². The largest absolute Gasteiger partial charge is 0.309 e. The van der Waals surface area contributed by atoms with E-state index in [9.17, 15) is 0 Å². The number of benzene rings is 6. The zero-order valence-electron chi connectivity index (χ0n) is 29.1. The molecule has 1 aliphatic rings. The van der Waals surface area contributed by atoms with Crippen LogP contribution < -0.4 is 0 Å². The van der Waals surface area contributed by atoms with Gasteiger partial charge in [-0.25, -0.2) is 0 Å². The first kappa shape index (κ1) is 30.3. The monoisotopic (exact) mass is 665 g/mol. The summed E-state index contributed by atoms with van der Waals surface area (Å²) in [4.78, 5) is 8.82. The van der Waals surface area contributed by atoms with E-state index in [-0.39, 0.29) is 5.41 Å². The van der Waals surface area contributed by atoms with Gasteiger partial charge in [-0.15, -0.1) is 0 Å². The highest BCUT2D eigenvalue weighted by molar-refractivity contribution is 6.10. The van der Waals surface area contributed by atoms with Gasteiger partial charge in [-0.1, -0.05) is 92.7 Å². The molecule has 0 saturated carbocycles. The molecule has 9 aromatic rings. The van der Waals surface area contributed by atoms with Crippen molar-refractivity contribution < 1.29 is 0 Å². The van der Waals surface area contributed by atoms with E-state index >= 15 is 0 Å². The summed E-state index contributed by atoms with van der Waals surface area (Å²) in [5, 5.41) is 2.53. The zero-order valence-corrected chi connectivity index (χ0v) is 29.1. The maximum Gasteiger partial charge on any atom is 0.0541 e. The lowest BCUT2D eigenvalue weighted by molar-refractivity contribution is 0.661. The fraction of sp³-hybridized carbons (Fsp3) is 0.0612. The van der Waals surface area contributed by atoms with Crippen molar-refractivity contribution in [2.75, 3.05) is 0 Å². The number of fused-ring (bicyclic) bond motifs is 6. The standard InChI is InChI=1S/C49H35N3/c1-49(2)45-28-33(32-18-21-48-44(27-32)43-14-6-7-15-47(43)52(48)40-12-4-3-5-13-40)16-19-41(45)42-20-17-34(29-46(42)49)37-24-38(35-10-8-22-50-30-35)26-39(25-37)36-11-9-23-51-31-36/h3-31H,1-2H3. The van der Waals surface area contributed by atoms with E-state index in [0.29, 0.717) is 0 Å². The molecule has 0 spiro atoms. The molecule has 1 aliphatic carbocycles. The Bertz CT molecular complexity index is 2740. The van der Waals surface area contributed by atoms with Crippen molar-refractivity contribution in [2.45, 2.75) is 19.3 Å². The van der Waals surface area contributed by atoms with Crippen LogP contribution in [0.4, 0.5) is 0 Å². The van der Waals surface area contributed by atoms with Crippen LogP contribution in [0.3, 0.4) is 0 Å². The van der Waals surface area contributed by atoms with E-state index in [0.717, 1.165) is 22.3 Å². The second-order valence-corrected chi connectivity index (χ2v) is 14.3. The van der Waals surface area contributed by atoms with Crippen LogP contribution in [0, 0.1) is 0 Å². The third-order valence-corrected chi connectivity index (χ3v) is 11.0. The Kier molecular flexibility index (Phi) is 6.84. The third-order valence-electron chi connectivity index (χ3n) is 11.0. The Morgan fingerprint density at radius 2 is 0.923 bits per heavy atom. The summed E-state index contributed by atoms with van der Waals surface area (Å²) < 4.78 is 2.38. The fourth-order valence-electron chi connectivity index (χ4n) is 8.30. The summed E-state index contributed by atoms with van der Waals surface area (Å²) in [7, 11) is 0. The SMILES string of the molecule is CC1(C)c2cc(-c3cc(-c4cccnc4)cc(-c4cccnc4)c3)ccc2-c2ccc(-c3ccc4c(c3)c3ccccc3n4-c3ccccc3)cc21. The van der Waals surface area contributed by atoms with E-state index in [2.05, 4.69) is 168 Å². The van der Waals surface area contributed by atoms with Crippen molar-refractivity contribution in [3.63, 3.8) is 0 Å². The van der Waals surface area contributed by atoms with Crippen LogP contribution in [-0.4, -0.2) is 14.5 Å². The van der Waals surface area contributed by atoms with Crippen molar-refractivity contribution in [2.24, 2.45) is 0 Å². The summed E-state index contributed by atoms with van der Waals surface area (Å²) in [5.74, 6) is 0. The smallest absolute Gasteiger partial charge is 0.0541 e. The molecule has 3 heterocycles. The molecular weight excluding hydrogens is 631 g/mol. The van der Waals surface area contributed by atoms with Gasteiger partial charge in [0.1, 0.15) is 0 Å². The zero-order chi connectivity index (χ0) is 34.8. The predicted octanol–water partition coefficient (Wildman–Crippen LogP) is 12.5. The van der Waals surface area contributed by atoms with Crippen molar-refractivity contribution in [1.82, 2.24) is 14.5 Å². The van der Waals surface area contributed by atoms with Crippen molar-refractivity contribution in [1.29, 1.82) is 0 Å². The molecule has 3 nitrogen and oxygen atoms in total. The molecular formula is C49H35N3. The number of hydrogen-bond donors (Lipinski definition) is 0. The highest BCUT2D eigenvalue weighted by atomic mass is 15.0. The summed E-state index contributed by atoms with van der Waals surface area (Å²) in [6, 6.07) is 55.5. The van der Waals surface area contributed by atoms with E-state index in [4.69, 9.17) is 0 Å². The highest BCUT2D eigenvalue weighted by Crippen LogP contribution is 2.51. The normalized spacial score (nSPS) is 13.0. The van der Waals surface area contributed by atoms with Crippen molar-refractivity contribution >= 4 is 21.8 Å². The average molecular weight is 666 g/mol. The van der Waals surface area contributed by atoms with Crippen LogP contribution in [-0.2, 0) is 5.41 Å². The van der Waals surface area contributed by atoms with Crippen LogP contribution in [0.25, 0.3) is 83.1 Å². The minimum absolute atomic E-state index is 0.169. The molecule has 10 rings (SSSR count). The summed E-state index contributed by atoms with van der Waals surface area (Å²) in [5.41, 5.74) is 18.1. The predicted molar refractivity (Wildman–Crippen MR) is 216 cm³/mol. The summed E-state index contributed by atoms with van der Waals surface area (Å²) >= 11 is 0. The van der Waals surface area contributed by atoms with Gasteiger partial charge in [-0.05, 0) is 128 Å². The van der Waals surface area contributed by atoms with Crippen molar-refractivity contribution in [3.8, 4) is 61.3 Å². The lowest BCUT2D eigenvalue weighted by Crippen LogP contribution is -2.15. The third kappa shape index (κ3) is 4.81. The molecule has 52 heavy (non-hydrogen) atoms. The number of hydrogen-bond acceptors (Lipinski definition) is 2. The summed E-state index contributed by atoms with van der Waals surface area (Å²) in [6.45, 7) is 4.74. The van der Waals surface area contributed by atoms with Gasteiger partial charge in [0.15, 0.2) is 0 Å². The lowest BCUT2D eigenvalue weighted by Gasteiger charge is -2.23. The molecule has 0 N–H and O–H groups in total.